The van der Waals surface area contributed by atoms with Crippen LogP contribution in [0.4, 0.5) is 4.39 Å². The average molecular weight is 304 g/mol. The van der Waals surface area contributed by atoms with Gasteiger partial charge < -0.3 is 0 Å². The normalized spacial score (nSPS) is 10.7. The second kappa shape index (κ2) is 5.92. The standard InChI is InChI=1S/C14H10Cl3F/c15-11-5-1-3-9(13(11)17)7-8-10-4-2-6-12(16)14(10)18/h1-6H,7-8H2. The Morgan fingerprint density at radius 1 is 0.778 bits per heavy atom. The summed E-state index contributed by atoms with van der Waals surface area (Å²) in [7, 11) is 0. The molecule has 0 fully saturated rings. The summed E-state index contributed by atoms with van der Waals surface area (Å²) < 4.78 is 13.7. The summed E-state index contributed by atoms with van der Waals surface area (Å²) in [5, 5.41) is 1.19. The molecule has 2 aromatic rings. The van der Waals surface area contributed by atoms with Crippen LogP contribution in [-0.2, 0) is 12.8 Å². The van der Waals surface area contributed by atoms with E-state index in [-0.39, 0.29) is 10.8 Å². The van der Waals surface area contributed by atoms with Gasteiger partial charge in [-0.05, 0) is 36.1 Å². The van der Waals surface area contributed by atoms with Crippen molar-refractivity contribution in [3.8, 4) is 0 Å². The van der Waals surface area contributed by atoms with E-state index in [2.05, 4.69) is 0 Å². The summed E-state index contributed by atoms with van der Waals surface area (Å²) in [6, 6.07) is 10.4. The first-order valence-electron chi connectivity index (χ1n) is 5.45. The Hall–Kier alpha value is -0.760. The average Bonchev–Trinajstić information content (AvgIpc) is 2.36. The van der Waals surface area contributed by atoms with E-state index in [4.69, 9.17) is 34.8 Å². The highest BCUT2D eigenvalue weighted by Gasteiger charge is 2.08. The summed E-state index contributed by atoms with van der Waals surface area (Å²) in [5.74, 6) is -0.364. The maximum absolute atomic E-state index is 13.7. The molecule has 0 spiro atoms. The summed E-state index contributed by atoms with van der Waals surface area (Å²) >= 11 is 17.7. The van der Waals surface area contributed by atoms with Crippen molar-refractivity contribution in [3.05, 3.63) is 68.4 Å². The van der Waals surface area contributed by atoms with Crippen LogP contribution in [0.1, 0.15) is 11.1 Å². The van der Waals surface area contributed by atoms with Crippen LogP contribution in [-0.4, -0.2) is 0 Å². The Kier molecular flexibility index (Phi) is 4.50. The van der Waals surface area contributed by atoms with Crippen LogP contribution < -0.4 is 0 Å². The van der Waals surface area contributed by atoms with E-state index in [9.17, 15) is 4.39 Å². The molecule has 0 aliphatic heterocycles. The minimum atomic E-state index is -0.364. The lowest BCUT2D eigenvalue weighted by Gasteiger charge is -2.07. The number of hydrogen-bond donors (Lipinski definition) is 0. The van der Waals surface area contributed by atoms with Gasteiger partial charge in [-0.1, -0.05) is 59.1 Å². The zero-order chi connectivity index (χ0) is 13.1. The van der Waals surface area contributed by atoms with Gasteiger partial charge in [-0.3, -0.25) is 0 Å². The fourth-order valence-corrected chi connectivity index (χ4v) is 2.36. The molecule has 0 aromatic heterocycles. The molecule has 0 saturated heterocycles. The monoisotopic (exact) mass is 302 g/mol. The molecule has 0 heterocycles. The van der Waals surface area contributed by atoms with Crippen molar-refractivity contribution in [3.63, 3.8) is 0 Å². The fraction of sp³-hybridized carbons (Fsp3) is 0.143. The Bertz CT molecular complexity index is 515. The Balaban J connectivity index is 2.17. The second-order valence-electron chi connectivity index (χ2n) is 3.93. The van der Waals surface area contributed by atoms with Gasteiger partial charge in [-0.15, -0.1) is 0 Å². The zero-order valence-corrected chi connectivity index (χ0v) is 11.7. The largest absolute Gasteiger partial charge is 0.205 e. The highest BCUT2D eigenvalue weighted by atomic mass is 35.5. The summed E-state index contributed by atoms with van der Waals surface area (Å²) in [4.78, 5) is 0. The molecular formula is C14H10Cl3F. The number of hydrogen-bond acceptors (Lipinski definition) is 0. The third-order valence-electron chi connectivity index (χ3n) is 2.73. The molecule has 0 unspecified atom stereocenters. The van der Waals surface area contributed by atoms with E-state index < -0.39 is 0 Å². The molecule has 0 atom stereocenters. The van der Waals surface area contributed by atoms with E-state index in [1.807, 2.05) is 12.1 Å². The Morgan fingerprint density at radius 2 is 1.33 bits per heavy atom. The van der Waals surface area contributed by atoms with Crippen LogP contribution in [0.2, 0.25) is 15.1 Å². The minimum Gasteiger partial charge on any atom is -0.205 e. The molecule has 0 bridgehead atoms. The highest BCUT2D eigenvalue weighted by molar-refractivity contribution is 6.42. The van der Waals surface area contributed by atoms with E-state index in [1.165, 1.54) is 6.07 Å². The lowest BCUT2D eigenvalue weighted by atomic mass is 10.0. The smallest absolute Gasteiger partial charge is 0.144 e. The van der Waals surface area contributed by atoms with Crippen LogP contribution in [0.5, 0.6) is 0 Å². The van der Waals surface area contributed by atoms with Crippen LogP contribution >= 0.6 is 34.8 Å². The quantitative estimate of drug-likeness (QED) is 0.695. The predicted molar refractivity (Wildman–Crippen MR) is 75.3 cm³/mol. The molecule has 0 aliphatic carbocycles. The van der Waals surface area contributed by atoms with E-state index >= 15 is 0 Å². The van der Waals surface area contributed by atoms with Crippen molar-refractivity contribution >= 4 is 34.8 Å². The first-order chi connectivity index (χ1) is 8.59. The molecule has 2 aromatic carbocycles. The molecule has 0 amide bonds. The molecule has 2 rings (SSSR count). The number of benzene rings is 2. The zero-order valence-electron chi connectivity index (χ0n) is 9.39. The van der Waals surface area contributed by atoms with E-state index in [0.717, 1.165) is 5.56 Å². The fourth-order valence-electron chi connectivity index (χ4n) is 1.75. The molecule has 4 heteroatoms. The van der Waals surface area contributed by atoms with Gasteiger partial charge in [-0.2, -0.15) is 0 Å². The lowest BCUT2D eigenvalue weighted by Crippen LogP contribution is -1.96. The lowest BCUT2D eigenvalue weighted by molar-refractivity contribution is 0.609. The van der Waals surface area contributed by atoms with Crippen LogP contribution in [0.15, 0.2) is 36.4 Å². The maximum atomic E-state index is 13.7. The van der Waals surface area contributed by atoms with Gasteiger partial charge in [0.15, 0.2) is 0 Å². The van der Waals surface area contributed by atoms with Crippen molar-refractivity contribution in [1.82, 2.24) is 0 Å². The third-order valence-corrected chi connectivity index (χ3v) is 3.88. The Labute approximate surface area is 120 Å². The van der Waals surface area contributed by atoms with E-state index in [0.29, 0.717) is 28.5 Å². The second-order valence-corrected chi connectivity index (χ2v) is 5.12. The van der Waals surface area contributed by atoms with Gasteiger partial charge in [0.25, 0.3) is 0 Å². The van der Waals surface area contributed by atoms with Crippen LogP contribution in [0, 0.1) is 5.82 Å². The molecular weight excluding hydrogens is 294 g/mol. The first kappa shape index (κ1) is 13.7. The molecule has 18 heavy (non-hydrogen) atoms. The predicted octanol–water partition coefficient (Wildman–Crippen LogP) is 5.57. The molecule has 0 nitrogen and oxygen atoms in total. The van der Waals surface area contributed by atoms with Crippen LogP contribution in [0.3, 0.4) is 0 Å². The summed E-state index contributed by atoms with van der Waals surface area (Å²) in [6.45, 7) is 0. The van der Waals surface area contributed by atoms with Gasteiger partial charge in [0.05, 0.1) is 15.1 Å². The maximum Gasteiger partial charge on any atom is 0.144 e. The van der Waals surface area contributed by atoms with Crippen LogP contribution in [0.25, 0.3) is 0 Å². The van der Waals surface area contributed by atoms with Gasteiger partial charge in [0.2, 0.25) is 0 Å². The molecule has 0 N–H and O–H groups in total. The van der Waals surface area contributed by atoms with Crippen molar-refractivity contribution in [2.75, 3.05) is 0 Å². The Morgan fingerprint density at radius 3 is 2.06 bits per heavy atom. The van der Waals surface area contributed by atoms with Crippen molar-refractivity contribution in [2.45, 2.75) is 12.8 Å². The van der Waals surface area contributed by atoms with Gasteiger partial charge in [0.1, 0.15) is 5.82 Å². The van der Waals surface area contributed by atoms with Crippen molar-refractivity contribution in [2.24, 2.45) is 0 Å². The topological polar surface area (TPSA) is 0 Å². The van der Waals surface area contributed by atoms with E-state index in [1.54, 1.807) is 18.2 Å². The molecule has 0 saturated carbocycles. The van der Waals surface area contributed by atoms with Gasteiger partial charge in [0, 0.05) is 0 Å². The summed E-state index contributed by atoms with van der Waals surface area (Å²) in [6.07, 6.45) is 1.16. The molecule has 0 radical (unpaired) electrons. The third kappa shape index (κ3) is 2.97. The number of aryl methyl sites for hydroxylation is 2. The SMILES string of the molecule is Fc1c(Cl)cccc1CCc1cccc(Cl)c1Cl. The summed E-state index contributed by atoms with van der Waals surface area (Å²) in [5.41, 5.74) is 1.49. The minimum absolute atomic E-state index is 0.143. The first-order valence-corrected chi connectivity index (χ1v) is 6.58. The van der Waals surface area contributed by atoms with Crippen molar-refractivity contribution in [1.29, 1.82) is 0 Å². The number of rotatable bonds is 3. The highest BCUT2D eigenvalue weighted by Crippen LogP contribution is 2.27. The molecule has 94 valence electrons. The van der Waals surface area contributed by atoms with Gasteiger partial charge >= 0.3 is 0 Å². The van der Waals surface area contributed by atoms with Crippen molar-refractivity contribution < 1.29 is 4.39 Å². The molecule has 0 aliphatic rings. The number of halogens is 4. The van der Waals surface area contributed by atoms with Gasteiger partial charge in [-0.25, -0.2) is 4.39 Å².